The molecule has 4 N–H and O–H groups in total. The fourth-order valence-corrected chi connectivity index (χ4v) is 6.30. The lowest BCUT2D eigenvalue weighted by molar-refractivity contribution is 0.103. The number of carbonyl (C=O) groups excluding carboxylic acids is 1. The second kappa shape index (κ2) is 13.0. The van der Waals surface area contributed by atoms with Crippen LogP contribution in [-0.4, -0.2) is 55.8 Å². The summed E-state index contributed by atoms with van der Waals surface area (Å²) in [6.45, 7) is 3.22. The van der Waals surface area contributed by atoms with Crippen molar-refractivity contribution in [1.82, 2.24) is 24.3 Å². The minimum Gasteiger partial charge on any atom is -0.328 e. The van der Waals surface area contributed by atoms with E-state index in [1.165, 1.54) is 16.9 Å². The van der Waals surface area contributed by atoms with Crippen LogP contribution in [0.4, 0.5) is 17.3 Å². The van der Waals surface area contributed by atoms with Gasteiger partial charge in [0.05, 0.1) is 22.0 Å². The first kappa shape index (κ1) is 28.8. The molecule has 0 unspecified atom stereocenters. The summed E-state index contributed by atoms with van der Waals surface area (Å²) in [6.07, 6.45) is 6.92. The topological polar surface area (TPSA) is 113 Å². The number of thiophene rings is 1. The minimum absolute atomic E-state index is 0.135. The Balaban J connectivity index is 1.12. The number of hydrogen-bond donors (Lipinski definition) is 3. The van der Waals surface area contributed by atoms with Gasteiger partial charge in [-0.25, -0.2) is 15.0 Å². The molecule has 0 aliphatic carbocycles. The molecular weight excluding hydrogens is 581 g/mol. The molecule has 6 aromatic rings. The second-order valence-electron chi connectivity index (χ2n) is 11.3. The lowest BCUT2D eigenvalue weighted by Crippen LogP contribution is -2.40. The van der Waals surface area contributed by atoms with Crippen molar-refractivity contribution in [3.8, 4) is 22.6 Å². The van der Waals surface area contributed by atoms with Crippen molar-refractivity contribution in [3.05, 3.63) is 113 Å². The van der Waals surface area contributed by atoms with Crippen LogP contribution in [0.25, 0.3) is 28.3 Å². The number of hydrogen-bond acceptors (Lipinski definition) is 8. The van der Waals surface area contributed by atoms with Gasteiger partial charge in [0, 0.05) is 41.9 Å². The predicted molar refractivity (Wildman–Crippen MR) is 181 cm³/mol. The van der Waals surface area contributed by atoms with E-state index in [2.05, 4.69) is 44.8 Å². The Labute approximate surface area is 265 Å². The molecule has 226 valence electrons. The van der Waals surface area contributed by atoms with Crippen LogP contribution in [-0.2, 0) is 6.42 Å². The van der Waals surface area contributed by atoms with Crippen LogP contribution in [0.2, 0.25) is 0 Å². The van der Waals surface area contributed by atoms with Crippen molar-refractivity contribution < 1.29 is 4.79 Å². The molecule has 7 rings (SSSR count). The molecule has 0 atom stereocenters. The van der Waals surface area contributed by atoms with Gasteiger partial charge in [-0.2, -0.15) is 0 Å². The molecule has 0 bridgehead atoms. The van der Waals surface area contributed by atoms with Crippen molar-refractivity contribution in [2.45, 2.75) is 25.3 Å². The third-order valence-electron chi connectivity index (χ3n) is 8.13. The number of anilines is 3. The standard InChI is InChI=1S/C35H34N8OS/c36-26-15-20-42(21-16-26)19-14-24-9-11-27(12-10-24)39-35-37-17-13-29(40-35)33-32(41-31-8-1-2-18-43(31)33)25-5-3-6-28(23-25)38-34(44)30-7-4-22-45-30/h1-13,17-18,22-23,26H,14-16,19-21,36H2,(H,38,44)(H,37,39,40). The van der Waals surface area contributed by atoms with Crippen molar-refractivity contribution in [2.24, 2.45) is 5.73 Å². The highest BCUT2D eigenvalue weighted by molar-refractivity contribution is 7.12. The summed E-state index contributed by atoms with van der Waals surface area (Å²) in [6, 6.07) is 28.1. The zero-order valence-corrected chi connectivity index (χ0v) is 25.6. The van der Waals surface area contributed by atoms with E-state index in [-0.39, 0.29) is 5.91 Å². The third kappa shape index (κ3) is 6.63. The van der Waals surface area contributed by atoms with Crippen molar-refractivity contribution in [3.63, 3.8) is 0 Å². The van der Waals surface area contributed by atoms with E-state index in [1.54, 1.807) is 6.20 Å². The monoisotopic (exact) mass is 614 g/mol. The Kier molecular flexibility index (Phi) is 8.33. The van der Waals surface area contributed by atoms with E-state index in [1.807, 2.05) is 76.6 Å². The fraction of sp³-hybridized carbons (Fsp3) is 0.200. The first-order chi connectivity index (χ1) is 22.1. The number of carbonyl (C=O) groups is 1. The number of nitrogens with two attached hydrogens (primary N) is 1. The van der Waals surface area contributed by atoms with Gasteiger partial charge in [-0.15, -0.1) is 11.3 Å². The van der Waals surface area contributed by atoms with Gasteiger partial charge in [-0.3, -0.25) is 9.20 Å². The van der Waals surface area contributed by atoms with Crippen LogP contribution >= 0.6 is 11.3 Å². The Hall–Kier alpha value is -4.90. The Morgan fingerprint density at radius 1 is 0.933 bits per heavy atom. The number of fused-ring (bicyclic) bond motifs is 1. The van der Waals surface area contributed by atoms with Gasteiger partial charge in [0.1, 0.15) is 5.65 Å². The maximum absolute atomic E-state index is 12.7. The quantitative estimate of drug-likeness (QED) is 0.171. The SMILES string of the molecule is NC1CCN(CCc2ccc(Nc3nccc(-c4c(-c5cccc(NC(=O)c6cccs6)c5)nc5ccccn45)n3)cc2)CC1. The molecule has 0 saturated carbocycles. The molecule has 1 amide bonds. The molecule has 45 heavy (non-hydrogen) atoms. The predicted octanol–water partition coefficient (Wildman–Crippen LogP) is 6.48. The Morgan fingerprint density at radius 2 is 1.80 bits per heavy atom. The van der Waals surface area contributed by atoms with E-state index in [0.29, 0.717) is 22.6 Å². The first-order valence-electron chi connectivity index (χ1n) is 15.2. The van der Waals surface area contributed by atoms with E-state index >= 15 is 0 Å². The summed E-state index contributed by atoms with van der Waals surface area (Å²) in [4.78, 5) is 30.3. The highest BCUT2D eigenvalue weighted by Gasteiger charge is 2.19. The van der Waals surface area contributed by atoms with Crippen LogP contribution in [0.3, 0.4) is 0 Å². The number of nitrogens with one attached hydrogen (secondary N) is 2. The van der Waals surface area contributed by atoms with Gasteiger partial charge < -0.3 is 21.3 Å². The highest BCUT2D eigenvalue weighted by atomic mass is 32.1. The number of likely N-dealkylation sites (tertiary alicyclic amines) is 1. The van der Waals surface area contributed by atoms with Crippen LogP contribution < -0.4 is 16.4 Å². The summed E-state index contributed by atoms with van der Waals surface area (Å²) >= 11 is 1.41. The molecule has 1 fully saturated rings. The Bertz CT molecular complexity index is 1910. The normalized spacial score (nSPS) is 14.1. The molecule has 0 radical (unpaired) electrons. The number of nitrogens with zero attached hydrogens (tertiary/aromatic N) is 5. The Morgan fingerprint density at radius 3 is 2.62 bits per heavy atom. The molecule has 10 heteroatoms. The largest absolute Gasteiger partial charge is 0.328 e. The molecule has 4 aromatic heterocycles. The summed E-state index contributed by atoms with van der Waals surface area (Å²) in [7, 11) is 0. The number of aromatic nitrogens is 4. The third-order valence-corrected chi connectivity index (χ3v) is 8.99. The lowest BCUT2D eigenvalue weighted by atomic mass is 10.1. The number of benzene rings is 2. The highest BCUT2D eigenvalue weighted by Crippen LogP contribution is 2.33. The number of piperidine rings is 1. The van der Waals surface area contributed by atoms with Gasteiger partial charge in [0.15, 0.2) is 0 Å². The number of rotatable bonds is 9. The van der Waals surface area contributed by atoms with Crippen molar-refractivity contribution in [1.29, 1.82) is 0 Å². The van der Waals surface area contributed by atoms with E-state index in [4.69, 9.17) is 15.7 Å². The zero-order chi connectivity index (χ0) is 30.6. The van der Waals surface area contributed by atoms with Gasteiger partial charge in [-0.05, 0) is 91.8 Å². The molecular formula is C35H34N8OS. The minimum atomic E-state index is -0.135. The number of amides is 1. The van der Waals surface area contributed by atoms with Crippen LogP contribution in [0.5, 0.6) is 0 Å². The van der Waals surface area contributed by atoms with E-state index in [9.17, 15) is 4.79 Å². The zero-order valence-electron chi connectivity index (χ0n) is 24.8. The maximum atomic E-state index is 12.7. The molecule has 0 spiro atoms. The van der Waals surface area contributed by atoms with Crippen molar-refractivity contribution >= 4 is 40.2 Å². The van der Waals surface area contributed by atoms with Crippen LogP contribution in [0.15, 0.2) is 103 Å². The molecule has 1 saturated heterocycles. The summed E-state index contributed by atoms with van der Waals surface area (Å²) in [5.41, 5.74) is 13.0. The molecule has 9 nitrogen and oxygen atoms in total. The first-order valence-corrected chi connectivity index (χ1v) is 16.1. The smallest absolute Gasteiger partial charge is 0.265 e. The van der Waals surface area contributed by atoms with E-state index < -0.39 is 0 Å². The van der Waals surface area contributed by atoms with Gasteiger partial charge in [-0.1, -0.05) is 36.4 Å². The fourth-order valence-electron chi connectivity index (χ4n) is 5.68. The van der Waals surface area contributed by atoms with Crippen molar-refractivity contribution in [2.75, 3.05) is 30.3 Å². The van der Waals surface area contributed by atoms with Crippen LogP contribution in [0.1, 0.15) is 28.1 Å². The molecule has 1 aliphatic rings. The van der Waals surface area contributed by atoms with Gasteiger partial charge in [0.25, 0.3) is 5.91 Å². The molecule has 2 aromatic carbocycles. The number of pyridine rings is 1. The maximum Gasteiger partial charge on any atom is 0.265 e. The average Bonchev–Trinajstić information content (AvgIpc) is 3.75. The number of imidazole rings is 1. The molecule has 5 heterocycles. The summed E-state index contributed by atoms with van der Waals surface area (Å²) in [5, 5.41) is 8.27. The average molecular weight is 615 g/mol. The lowest BCUT2D eigenvalue weighted by Gasteiger charge is -2.29. The van der Waals surface area contributed by atoms with Gasteiger partial charge in [0.2, 0.25) is 5.95 Å². The second-order valence-corrected chi connectivity index (χ2v) is 12.2. The summed E-state index contributed by atoms with van der Waals surface area (Å²) in [5.74, 6) is 0.364. The van der Waals surface area contributed by atoms with Crippen LogP contribution in [0, 0.1) is 0 Å². The summed E-state index contributed by atoms with van der Waals surface area (Å²) < 4.78 is 2.03. The van der Waals surface area contributed by atoms with Gasteiger partial charge >= 0.3 is 0 Å². The van der Waals surface area contributed by atoms with E-state index in [0.717, 1.165) is 72.9 Å². The molecule has 1 aliphatic heterocycles.